The Bertz CT molecular complexity index is 1020. The predicted octanol–water partition coefficient (Wildman–Crippen LogP) is 5.72. The number of carbonyl (C=O) groups excluding carboxylic acids is 1. The molecule has 5 heteroatoms. The van der Waals surface area contributed by atoms with E-state index < -0.39 is 0 Å². The summed E-state index contributed by atoms with van der Waals surface area (Å²) >= 11 is 6.08. The number of carbonyl (C=O) groups is 1. The fourth-order valence-corrected chi connectivity index (χ4v) is 4.63. The van der Waals surface area contributed by atoms with Crippen molar-refractivity contribution in [1.29, 1.82) is 0 Å². The van der Waals surface area contributed by atoms with Crippen molar-refractivity contribution in [3.63, 3.8) is 0 Å². The van der Waals surface area contributed by atoms with E-state index in [1.54, 1.807) is 7.11 Å². The molecule has 1 aromatic heterocycles. The van der Waals surface area contributed by atoms with Crippen LogP contribution in [0.3, 0.4) is 0 Å². The van der Waals surface area contributed by atoms with Crippen molar-refractivity contribution in [3.05, 3.63) is 64.3 Å². The normalized spacial score (nSPS) is 15.9. The molecule has 0 aliphatic heterocycles. The van der Waals surface area contributed by atoms with Crippen LogP contribution in [0.15, 0.2) is 42.5 Å². The highest BCUT2D eigenvalue weighted by molar-refractivity contribution is 6.30. The molecule has 152 valence electrons. The largest absolute Gasteiger partial charge is 0.497 e. The van der Waals surface area contributed by atoms with Gasteiger partial charge >= 0.3 is 5.97 Å². The number of ether oxygens (including phenoxy) is 2. The molecule has 0 radical (unpaired) electrons. The van der Waals surface area contributed by atoms with Crippen LogP contribution >= 0.6 is 11.6 Å². The molecule has 29 heavy (non-hydrogen) atoms. The van der Waals surface area contributed by atoms with Gasteiger partial charge in [-0.25, -0.2) is 0 Å². The minimum Gasteiger partial charge on any atom is -0.497 e. The fraction of sp³-hybridized carbons (Fsp3) is 0.375. The fourth-order valence-electron chi connectivity index (χ4n) is 4.50. The van der Waals surface area contributed by atoms with Gasteiger partial charge in [0.25, 0.3) is 0 Å². The Morgan fingerprint density at radius 1 is 1.21 bits per heavy atom. The Hall–Kier alpha value is -2.46. The van der Waals surface area contributed by atoms with Crippen molar-refractivity contribution in [3.8, 4) is 5.75 Å². The molecule has 3 aromatic rings. The highest BCUT2D eigenvalue weighted by Crippen LogP contribution is 2.41. The van der Waals surface area contributed by atoms with Crippen LogP contribution in [0, 0.1) is 0 Å². The lowest BCUT2D eigenvalue weighted by Crippen LogP contribution is -2.19. The van der Waals surface area contributed by atoms with Crippen molar-refractivity contribution in [1.82, 2.24) is 4.57 Å². The van der Waals surface area contributed by atoms with Gasteiger partial charge in [0.1, 0.15) is 5.75 Å². The van der Waals surface area contributed by atoms with E-state index in [-0.39, 0.29) is 11.9 Å². The number of hydrogen-bond acceptors (Lipinski definition) is 3. The second-order valence-corrected chi connectivity index (χ2v) is 7.99. The smallest absolute Gasteiger partial charge is 0.306 e. The number of esters is 1. The van der Waals surface area contributed by atoms with Gasteiger partial charge in [-0.15, -0.1) is 0 Å². The van der Waals surface area contributed by atoms with E-state index in [9.17, 15) is 4.79 Å². The molecule has 2 aromatic carbocycles. The van der Waals surface area contributed by atoms with Crippen LogP contribution in [0.25, 0.3) is 10.9 Å². The maximum atomic E-state index is 12.3. The molecule has 0 saturated heterocycles. The molecule has 0 spiro atoms. The van der Waals surface area contributed by atoms with Crippen LogP contribution in [0.4, 0.5) is 0 Å². The zero-order valence-corrected chi connectivity index (χ0v) is 17.7. The first-order chi connectivity index (χ1) is 14.1. The molecule has 1 unspecified atom stereocenters. The third kappa shape index (κ3) is 3.99. The number of fused-ring (bicyclic) bond motifs is 3. The third-order valence-electron chi connectivity index (χ3n) is 5.76. The van der Waals surface area contributed by atoms with E-state index in [1.807, 2.05) is 25.1 Å². The van der Waals surface area contributed by atoms with E-state index in [2.05, 4.69) is 28.8 Å². The summed E-state index contributed by atoms with van der Waals surface area (Å²) in [6.45, 7) is 3.02. The molecular weight excluding hydrogens is 386 g/mol. The number of benzene rings is 2. The summed E-state index contributed by atoms with van der Waals surface area (Å²) in [6, 6.07) is 14.2. The first-order valence-electron chi connectivity index (χ1n) is 10.2. The molecule has 0 bridgehead atoms. The lowest BCUT2D eigenvalue weighted by atomic mass is 9.84. The van der Waals surface area contributed by atoms with Crippen LogP contribution in [0.1, 0.15) is 48.9 Å². The summed E-state index contributed by atoms with van der Waals surface area (Å²) in [5.74, 6) is 0.909. The first kappa shape index (κ1) is 19.8. The maximum absolute atomic E-state index is 12.3. The molecule has 1 atom stereocenters. The van der Waals surface area contributed by atoms with Gasteiger partial charge < -0.3 is 14.0 Å². The van der Waals surface area contributed by atoms with Crippen molar-refractivity contribution < 1.29 is 14.3 Å². The average Bonchev–Trinajstić information content (AvgIpc) is 3.04. The molecule has 1 aliphatic carbocycles. The van der Waals surface area contributed by atoms with E-state index in [0.29, 0.717) is 13.0 Å². The summed E-state index contributed by atoms with van der Waals surface area (Å²) in [4.78, 5) is 12.3. The standard InChI is InChI=1S/C24H26ClNO3/c1-3-29-23(27)13-17-5-4-6-20-21-14-19(28-2)11-12-22(21)26(24(17)20)15-16-7-9-18(25)10-8-16/h7-12,14,17H,3-6,13,15H2,1-2H3. The number of aryl methyl sites for hydroxylation is 1. The van der Waals surface area contributed by atoms with E-state index in [4.69, 9.17) is 21.1 Å². The van der Waals surface area contributed by atoms with Crippen LogP contribution < -0.4 is 4.74 Å². The van der Waals surface area contributed by atoms with Gasteiger partial charge in [0.15, 0.2) is 0 Å². The second kappa shape index (κ2) is 8.50. The third-order valence-corrected chi connectivity index (χ3v) is 6.01. The summed E-state index contributed by atoms with van der Waals surface area (Å²) in [7, 11) is 1.70. The minimum absolute atomic E-state index is 0.119. The maximum Gasteiger partial charge on any atom is 0.306 e. The van der Waals surface area contributed by atoms with Gasteiger partial charge in [0.05, 0.1) is 20.1 Å². The molecule has 0 saturated carbocycles. The van der Waals surface area contributed by atoms with Gasteiger partial charge in [-0.1, -0.05) is 23.7 Å². The summed E-state index contributed by atoms with van der Waals surface area (Å²) < 4.78 is 13.1. The predicted molar refractivity (Wildman–Crippen MR) is 116 cm³/mol. The van der Waals surface area contributed by atoms with E-state index >= 15 is 0 Å². The monoisotopic (exact) mass is 411 g/mol. The molecule has 4 nitrogen and oxygen atoms in total. The average molecular weight is 412 g/mol. The van der Waals surface area contributed by atoms with E-state index in [1.165, 1.54) is 27.7 Å². The molecule has 4 rings (SSSR count). The molecule has 1 aliphatic rings. The summed E-state index contributed by atoms with van der Waals surface area (Å²) in [5.41, 5.74) is 4.97. The van der Waals surface area contributed by atoms with Crippen LogP contribution in [-0.2, 0) is 22.5 Å². The second-order valence-electron chi connectivity index (χ2n) is 7.56. The quantitative estimate of drug-likeness (QED) is 0.486. The summed E-state index contributed by atoms with van der Waals surface area (Å²) in [6.07, 6.45) is 3.52. The number of halogens is 1. The molecule has 1 heterocycles. The first-order valence-corrected chi connectivity index (χ1v) is 10.6. The van der Waals surface area contributed by atoms with Gasteiger partial charge in [0.2, 0.25) is 0 Å². The zero-order valence-electron chi connectivity index (χ0n) is 16.9. The molecular formula is C24H26ClNO3. The lowest BCUT2D eigenvalue weighted by Gasteiger charge is -2.25. The summed E-state index contributed by atoms with van der Waals surface area (Å²) in [5, 5.41) is 1.96. The van der Waals surface area contributed by atoms with Crippen molar-refractivity contribution >= 4 is 28.5 Å². The highest BCUT2D eigenvalue weighted by atomic mass is 35.5. The topological polar surface area (TPSA) is 40.5 Å². The lowest BCUT2D eigenvalue weighted by molar-refractivity contribution is -0.143. The van der Waals surface area contributed by atoms with Crippen molar-refractivity contribution in [2.45, 2.75) is 45.1 Å². The SMILES string of the molecule is CCOC(=O)CC1CCCc2c1n(Cc1ccc(Cl)cc1)c1ccc(OC)cc21. The Kier molecular flexibility index (Phi) is 5.81. The van der Waals surface area contributed by atoms with Crippen LogP contribution in [0.2, 0.25) is 5.02 Å². The Morgan fingerprint density at radius 3 is 2.72 bits per heavy atom. The number of rotatable bonds is 6. The number of aromatic nitrogens is 1. The van der Waals surface area contributed by atoms with Crippen molar-refractivity contribution in [2.75, 3.05) is 13.7 Å². The van der Waals surface area contributed by atoms with Crippen LogP contribution in [-0.4, -0.2) is 24.3 Å². The number of hydrogen-bond donors (Lipinski definition) is 0. The van der Waals surface area contributed by atoms with Gasteiger partial charge in [0, 0.05) is 34.1 Å². The Labute approximate surface area is 176 Å². The van der Waals surface area contributed by atoms with E-state index in [0.717, 1.165) is 36.6 Å². The van der Waals surface area contributed by atoms with Crippen LogP contribution in [0.5, 0.6) is 5.75 Å². The minimum atomic E-state index is -0.119. The van der Waals surface area contributed by atoms with Gasteiger partial charge in [-0.05, 0) is 67.6 Å². The van der Waals surface area contributed by atoms with Gasteiger partial charge in [-0.2, -0.15) is 0 Å². The Morgan fingerprint density at radius 2 is 2.00 bits per heavy atom. The molecule has 0 amide bonds. The number of nitrogens with zero attached hydrogens (tertiary/aromatic N) is 1. The molecule has 0 fully saturated rings. The zero-order chi connectivity index (χ0) is 20.4. The van der Waals surface area contributed by atoms with Gasteiger partial charge in [-0.3, -0.25) is 4.79 Å². The number of methoxy groups -OCH3 is 1. The Balaban J connectivity index is 1.83. The highest BCUT2D eigenvalue weighted by Gasteiger charge is 2.29. The molecule has 0 N–H and O–H groups in total. The van der Waals surface area contributed by atoms with Crippen molar-refractivity contribution in [2.24, 2.45) is 0 Å².